The van der Waals surface area contributed by atoms with Crippen LogP contribution in [0.4, 0.5) is 0 Å². The summed E-state index contributed by atoms with van der Waals surface area (Å²) in [6.07, 6.45) is 0. The molecule has 3 heteroatoms. The second-order valence-corrected chi connectivity index (χ2v) is 3.54. The Morgan fingerprint density at radius 2 is 1.56 bits per heavy atom. The molecular formula is C13H12O3. The van der Waals surface area contributed by atoms with E-state index in [0.29, 0.717) is 5.75 Å². The van der Waals surface area contributed by atoms with Crippen molar-refractivity contribution < 1.29 is 14.9 Å². The van der Waals surface area contributed by atoms with Crippen LogP contribution in [0, 0.1) is 6.92 Å². The van der Waals surface area contributed by atoms with Gasteiger partial charge in [0.15, 0.2) is 11.5 Å². The highest BCUT2D eigenvalue weighted by atomic mass is 16.5. The van der Waals surface area contributed by atoms with Gasteiger partial charge in [-0.3, -0.25) is 0 Å². The fourth-order valence-electron chi connectivity index (χ4n) is 1.41. The Kier molecular flexibility index (Phi) is 2.68. The van der Waals surface area contributed by atoms with E-state index < -0.39 is 0 Å². The molecule has 0 aliphatic rings. The summed E-state index contributed by atoms with van der Waals surface area (Å²) >= 11 is 0. The minimum Gasteiger partial charge on any atom is -0.504 e. The van der Waals surface area contributed by atoms with Crippen molar-refractivity contribution >= 4 is 0 Å². The van der Waals surface area contributed by atoms with E-state index in [4.69, 9.17) is 4.74 Å². The molecule has 0 saturated heterocycles. The van der Waals surface area contributed by atoms with Crippen molar-refractivity contribution in [1.29, 1.82) is 0 Å². The molecule has 2 N–H and O–H groups in total. The van der Waals surface area contributed by atoms with Gasteiger partial charge >= 0.3 is 0 Å². The van der Waals surface area contributed by atoms with Gasteiger partial charge in [0, 0.05) is 0 Å². The maximum absolute atomic E-state index is 9.54. The zero-order valence-electron chi connectivity index (χ0n) is 8.84. The van der Waals surface area contributed by atoms with Gasteiger partial charge in [-0.1, -0.05) is 18.2 Å². The standard InChI is InChI=1S/C13H12O3/c1-9-4-2-5-10(8-9)16-13-11(14)6-3-7-12(13)15/h2-8,14-15H,1H3. The Balaban J connectivity index is 2.34. The first kappa shape index (κ1) is 10.4. The lowest BCUT2D eigenvalue weighted by molar-refractivity contribution is 0.376. The van der Waals surface area contributed by atoms with E-state index in [1.165, 1.54) is 12.1 Å². The van der Waals surface area contributed by atoms with Crippen LogP contribution >= 0.6 is 0 Å². The van der Waals surface area contributed by atoms with Gasteiger partial charge in [-0.15, -0.1) is 0 Å². The molecule has 2 rings (SSSR count). The number of hydrogen-bond acceptors (Lipinski definition) is 3. The van der Waals surface area contributed by atoms with Crippen LogP contribution in [0.3, 0.4) is 0 Å². The molecule has 0 spiro atoms. The summed E-state index contributed by atoms with van der Waals surface area (Å²) in [5.74, 6) is 0.493. The minimum absolute atomic E-state index is 0.0769. The summed E-state index contributed by atoms with van der Waals surface area (Å²) in [6, 6.07) is 11.9. The second kappa shape index (κ2) is 4.14. The lowest BCUT2D eigenvalue weighted by Gasteiger charge is -2.09. The van der Waals surface area contributed by atoms with Gasteiger partial charge in [-0.25, -0.2) is 0 Å². The highest BCUT2D eigenvalue weighted by molar-refractivity contribution is 5.51. The van der Waals surface area contributed by atoms with E-state index in [1.54, 1.807) is 12.1 Å². The molecule has 3 nitrogen and oxygen atoms in total. The normalized spacial score (nSPS) is 10.1. The van der Waals surface area contributed by atoms with Crippen molar-refractivity contribution in [2.45, 2.75) is 6.92 Å². The monoisotopic (exact) mass is 216 g/mol. The molecule has 2 aromatic rings. The van der Waals surface area contributed by atoms with Crippen molar-refractivity contribution in [2.75, 3.05) is 0 Å². The van der Waals surface area contributed by atoms with Crippen LogP contribution in [0.15, 0.2) is 42.5 Å². The van der Waals surface area contributed by atoms with E-state index in [-0.39, 0.29) is 17.2 Å². The zero-order valence-corrected chi connectivity index (χ0v) is 8.84. The Morgan fingerprint density at radius 3 is 2.19 bits per heavy atom. The lowest BCUT2D eigenvalue weighted by atomic mass is 10.2. The molecule has 0 bridgehead atoms. The van der Waals surface area contributed by atoms with Crippen LogP contribution in [-0.4, -0.2) is 10.2 Å². The quantitative estimate of drug-likeness (QED) is 0.810. The number of aryl methyl sites for hydroxylation is 1. The van der Waals surface area contributed by atoms with Crippen LogP contribution < -0.4 is 4.74 Å². The average Bonchev–Trinajstić information content (AvgIpc) is 2.24. The summed E-state index contributed by atoms with van der Waals surface area (Å²) in [5, 5.41) is 19.1. The van der Waals surface area contributed by atoms with Gasteiger partial charge in [-0.2, -0.15) is 0 Å². The molecule has 0 amide bonds. The number of rotatable bonds is 2. The Bertz CT molecular complexity index is 486. The van der Waals surface area contributed by atoms with E-state index in [2.05, 4.69) is 0 Å². The summed E-state index contributed by atoms with van der Waals surface area (Å²) < 4.78 is 5.42. The Hall–Kier alpha value is -2.16. The molecule has 0 radical (unpaired) electrons. The first-order chi connectivity index (χ1) is 7.66. The molecule has 0 unspecified atom stereocenters. The molecule has 0 fully saturated rings. The molecule has 0 atom stereocenters. The molecule has 2 aromatic carbocycles. The van der Waals surface area contributed by atoms with Crippen molar-refractivity contribution in [1.82, 2.24) is 0 Å². The fraction of sp³-hybridized carbons (Fsp3) is 0.0769. The predicted octanol–water partition coefficient (Wildman–Crippen LogP) is 3.20. The topological polar surface area (TPSA) is 49.7 Å². The third-order valence-electron chi connectivity index (χ3n) is 2.18. The number of ether oxygens (including phenoxy) is 1. The molecule has 0 heterocycles. The number of phenolic OH excluding ortho intramolecular Hbond substituents is 2. The largest absolute Gasteiger partial charge is 0.504 e. The van der Waals surface area contributed by atoms with Crippen molar-refractivity contribution in [2.24, 2.45) is 0 Å². The third kappa shape index (κ3) is 2.08. The number of phenols is 2. The summed E-state index contributed by atoms with van der Waals surface area (Å²) in [7, 11) is 0. The molecule has 0 aromatic heterocycles. The number of para-hydroxylation sites is 1. The smallest absolute Gasteiger partial charge is 0.210 e. The van der Waals surface area contributed by atoms with Gasteiger partial charge in [-0.05, 0) is 36.8 Å². The summed E-state index contributed by atoms with van der Waals surface area (Å²) in [5.41, 5.74) is 1.05. The average molecular weight is 216 g/mol. The highest BCUT2D eigenvalue weighted by Crippen LogP contribution is 2.38. The second-order valence-electron chi connectivity index (χ2n) is 3.54. The first-order valence-electron chi connectivity index (χ1n) is 4.92. The molecule has 82 valence electrons. The third-order valence-corrected chi connectivity index (χ3v) is 2.18. The van der Waals surface area contributed by atoms with Crippen LogP contribution in [-0.2, 0) is 0 Å². The van der Waals surface area contributed by atoms with E-state index in [9.17, 15) is 10.2 Å². The zero-order chi connectivity index (χ0) is 11.5. The van der Waals surface area contributed by atoms with Gasteiger partial charge in [0.1, 0.15) is 5.75 Å². The maximum Gasteiger partial charge on any atom is 0.210 e. The van der Waals surface area contributed by atoms with Gasteiger partial charge in [0.05, 0.1) is 0 Å². The summed E-state index contributed by atoms with van der Waals surface area (Å²) in [4.78, 5) is 0. The highest BCUT2D eigenvalue weighted by Gasteiger charge is 2.08. The molecule has 16 heavy (non-hydrogen) atoms. The van der Waals surface area contributed by atoms with E-state index >= 15 is 0 Å². The number of benzene rings is 2. The minimum atomic E-state index is -0.0819. The van der Waals surface area contributed by atoms with Crippen LogP contribution in [0.5, 0.6) is 23.0 Å². The number of hydrogen-bond donors (Lipinski definition) is 2. The molecule has 0 aliphatic carbocycles. The first-order valence-corrected chi connectivity index (χ1v) is 4.92. The predicted molar refractivity (Wildman–Crippen MR) is 61.0 cm³/mol. The molecular weight excluding hydrogens is 204 g/mol. The fourth-order valence-corrected chi connectivity index (χ4v) is 1.41. The van der Waals surface area contributed by atoms with Crippen molar-refractivity contribution in [3.05, 3.63) is 48.0 Å². The van der Waals surface area contributed by atoms with Gasteiger partial charge in [0.25, 0.3) is 0 Å². The van der Waals surface area contributed by atoms with Crippen molar-refractivity contribution in [3.63, 3.8) is 0 Å². The number of aromatic hydroxyl groups is 2. The Morgan fingerprint density at radius 1 is 0.938 bits per heavy atom. The van der Waals surface area contributed by atoms with Gasteiger partial charge in [0.2, 0.25) is 5.75 Å². The maximum atomic E-state index is 9.54. The van der Waals surface area contributed by atoms with Gasteiger partial charge < -0.3 is 14.9 Å². The molecule has 0 aliphatic heterocycles. The summed E-state index contributed by atoms with van der Waals surface area (Å²) in [6.45, 7) is 1.94. The van der Waals surface area contributed by atoms with E-state index in [0.717, 1.165) is 5.56 Å². The Labute approximate surface area is 93.6 Å². The molecule has 0 saturated carbocycles. The SMILES string of the molecule is Cc1cccc(Oc2c(O)cccc2O)c1. The van der Waals surface area contributed by atoms with Crippen LogP contribution in [0.2, 0.25) is 0 Å². The van der Waals surface area contributed by atoms with Crippen LogP contribution in [0.1, 0.15) is 5.56 Å². The van der Waals surface area contributed by atoms with Crippen LogP contribution in [0.25, 0.3) is 0 Å². The lowest BCUT2D eigenvalue weighted by Crippen LogP contribution is -1.86. The van der Waals surface area contributed by atoms with E-state index in [1.807, 2.05) is 25.1 Å². The van der Waals surface area contributed by atoms with Crippen molar-refractivity contribution in [3.8, 4) is 23.0 Å².